The molecule has 0 aliphatic heterocycles. The first-order valence-corrected chi connectivity index (χ1v) is 7.23. The van der Waals surface area contributed by atoms with Gasteiger partial charge in [-0.05, 0) is 39.0 Å². The zero-order chi connectivity index (χ0) is 13.1. The number of hydrogen-bond acceptors (Lipinski definition) is 3. The Bertz CT molecular complexity index is 485. The molecule has 4 nitrogen and oxygen atoms in total. The Morgan fingerprint density at radius 1 is 1.41 bits per heavy atom. The van der Waals surface area contributed by atoms with E-state index in [1.807, 2.05) is 6.92 Å². The van der Waals surface area contributed by atoms with Crippen LogP contribution in [0.3, 0.4) is 0 Å². The van der Waals surface area contributed by atoms with Crippen molar-refractivity contribution in [3.8, 4) is 5.75 Å². The minimum atomic E-state index is -3.40. The lowest BCUT2D eigenvalue weighted by atomic mass is 10.3. The Balaban J connectivity index is 3.08. The average Bonchev–Trinajstić information content (AvgIpc) is 2.21. The topological polar surface area (TPSA) is 55.4 Å². The summed E-state index contributed by atoms with van der Waals surface area (Å²) in [5, 5.41) is -0.0640. The molecule has 0 unspecified atom stereocenters. The summed E-state index contributed by atoms with van der Waals surface area (Å²) in [6.07, 6.45) is 0. The molecular formula is C11H16ClNO3S. The second-order valence-electron chi connectivity index (χ2n) is 3.77. The van der Waals surface area contributed by atoms with Gasteiger partial charge in [0.05, 0.1) is 17.5 Å². The maximum Gasteiger partial charge on any atom is 0.235 e. The van der Waals surface area contributed by atoms with E-state index in [2.05, 4.69) is 4.72 Å². The van der Waals surface area contributed by atoms with Gasteiger partial charge in [-0.25, -0.2) is 8.42 Å². The number of nitrogens with one attached hydrogen (secondary N) is 1. The van der Waals surface area contributed by atoms with E-state index in [-0.39, 0.29) is 0 Å². The van der Waals surface area contributed by atoms with E-state index in [0.717, 1.165) is 0 Å². The lowest BCUT2D eigenvalue weighted by Crippen LogP contribution is -2.22. The molecule has 0 saturated carbocycles. The summed E-state index contributed by atoms with van der Waals surface area (Å²) in [4.78, 5) is 0. The maximum absolute atomic E-state index is 11.8. The van der Waals surface area contributed by atoms with Gasteiger partial charge in [-0.2, -0.15) is 0 Å². The summed E-state index contributed by atoms with van der Waals surface area (Å²) in [5.74, 6) is 0.473. The quantitative estimate of drug-likeness (QED) is 0.900. The van der Waals surface area contributed by atoms with Crippen molar-refractivity contribution in [1.82, 2.24) is 0 Å². The largest absolute Gasteiger partial charge is 0.492 e. The second-order valence-corrected chi connectivity index (χ2v) is 6.44. The Labute approximate surface area is 107 Å². The summed E-state index contributed by atoms with van der Waals surface area (Å²) >= 11 is 5.84. The Kier molecular flexibility index (Phi) is 4.65. The van der Waals surface area contributed by atoms with E-state index in [9.17, 15) is 8.42 Å². The minimum Gasteiger partial charge on any atom is -0.492 e. The molecule has 0 heterocycles. The van der Waals surface area contributed by atoms with E-state index >= 15 is 0 Å². The third kappa shape index (κ3) is 3.78. The van der Waals surface area contributed by atoms with Crippen molar-refractivity contribution in [2.75, 3.05) is 11.3 Å². The normalized spacial score (nSPS) is 11.6. The molecular weight excluding hydrogens is 262 g/mol. The van der Waals surface area contributed by atoms with Crippen LogP contribution in [0.1, 0.15) is 20.8 Å². The van der Waals surface area contributed by atoms with E-state index in [1.165, 1.54) is 6.07 Å². The van der Waals surface area contributed by atoms with Gasteiger partial charge in [-0.15, -0.1) is 0 Å². The third-order valence-corrected chi connectivity index (χ3v) is 4.10. The van der Waals surface area contributed by atoms with Crippen LogP contribution in [0.25, 0.3) is 0 Å². The molecule has 1 N–H and O–H groups in total. The molecule has 0 atom stereocenters. The molecule has 1 rings (SSSR count). The van der Waals surface area contributed by atoms with Crippen LogP contribution in [0.15, 0.2) is 18.2 Å². The predicted molar refractivity (Wildman–Crippen MR) is 70.3 cm³/mol. The molecule has 0 radical (unpaired) electrons. The van der Waals surface area contributed by atoms with Crippen LogP contribution < -0.4 is 9.46 Å². The van der Waals surface area contributed by atoms with Gasteiger partial charge in [0.25, 0.3) is 0 Å². The second kappa shape index (κ2) is 5.60. The van der Waals surface area contributed by atoms with Gasteiger partial charge >= 0.3 is 0 Å². The van der Waals surface area contributed by atoms with Crippen molar-refractivity contribution in [3.05, 3.63) is 23.2 Å². The fraction of sp³-hybridized carbons (Fsp3) is 0.455. The number of ether oxygens (including phenoxy) is 1. The van der Waals surface area contributed by atoms with Gasteiger partial charge in [-0.3, -0.25) is 4.72 Å². The average molecular weight is 278 g/mol. The molecule has 1 aromatic rings. The highest BCUT2D eigenvalue weighted by Gasteiger charge is 2.18. The van der Waals surface area contributed by atoms with E-state index in [1.54, 1.807) is 26.0 Å². The third-order valence-electron chi connectivity index (χ3n) is 2.11. The molecule has 0 aliphatic carbocycles. The van der Waals surface area contributed by atoms with Crippen molar-refractivity contribution in [1.29, 1.82) is 0 Å². The van der Waals surface area contributed by atoms with Crippen molar-refractivity contribution in [2.24, 2.45) is 0 Å². The van der Waals surface area contributed by atoms with Gasteiger partial charge < -0.3 is 4.74 Å². The molecule has 17 heavy (non-hydrogen) atoms. The summed E-state index contributed by atoms with van der Waals surface area (Å²) in [6.45, 7) is 5.49. The van der Waals surface area contributed by atoms with Gasteiger partial charge in [0, 0.05) is 5.02 Å². The summed E-state index contributed by atoms with van der Waals surface area (Å²) in [5.41, 5.74) is 0.369. The zero-order valence-corrected chi connectivity index (χ0v) is 11.6. The van der Waals surface area contributed by atoms with Crippen LogP contribution in [-0.4, -0.2) is 20.3 Å². The highest BCUT2D eigenvalue weighted by Crippen LogP contribution is 2.29. The summed E-state index contributed by atoms with van der Waals surface area (Å²) in [7, 11) is -3.40. The molecule has 0 bridgehead atoms. The van der Waals surface area contributed by atoms with Crippen LogP contribution in [-0.2, 0) is 10.0 Å². The van der Waals surface area contributed by atoms with Gasteiger partial charge in [0.2, 0.25) is 10.0 Å². The zero-order valence-electron chi connectivity index (χ0n) is 10.0. The van der Waals surface area contributed by atoms with E-state index < -0.39 is 15.3 Å². The first-order chi connectivity index (χ1) is 7.86. The van der Waals surface area contributed by atoms with Crippen molar-refractivity contribution in [3.63, 3.8) is 0 Å². The van der Waals surface area contributed by atoms with Crippen LogP contribution in [0, 0.1) is 0 Å². The number of benzene rings is 1. The standard InChI is InChI=1S/C11H16ClNO3S/c1-4-16-11-6-5-9(12)7-10(11)13-17(14,15)8(2)3/h5-8,13H,4H2,1-3H3. The Morgan fingerprint density at radius 2 is 2.06 bits per heavy atom. The molecule has 6 heteroatoms. The van der Waals surface area contributed by atoms with E-state index in [0.29, 0.717) is 23.1 Å². The predicted octanol–water partition coefficient (Wildman–Crippen LogP) is 2.89. The Hall–Kier alpha value is -0.940. The molecule has 96 valence electrons. The lowest BCUT2D eigenvalue weighted by Gasteiger charge is -2.14. The molecule has 0 aliphatic rings. The molecule has 0 aromatic heterocycles. The van der Waals surface area contributed by atoms with Crippen molar-refractivity contribution < 1.29 is 13.2 Å². The molecule has 0 spiro atoms. The van der Waals surface area contributed by atoms with Crippen molar-refractivity contribution >= 4 is 27.3 Å². The van der Waals surface area contributed by atoms with Gasteiger partial charge in [-0.1, -0.05) is 11.6 Å². The maximum atomic E-state index is 11.8. The smallest absolute Gasteiger partial charge is 0.235 e. The SMILES string of the molecule is CCOc1ccc(Cl)cc1NS(=O)(=O)C(C)C. The number of anilines is 1. The molecule has 1 aromatic carbocycles. The van der Waals surface area contributed by atoms with Gasteiger partial charge in [0.15, 0.2) is 0 Å². The molecule has 0 amide bonds. The van der Waals surface area contributed by atoms with Crippen molar-refractivity contribution in [2.45, 2.75) is 26.0 Å². The van der Waals surface area contributed by atoms with Crippen LogP contribution >= 0.6 is 11.6 Å². The summed E-state index contributed by atoms with van der Waals surface area (Å²) in [6, 6.07) is 4.83. The first kappa shape index (κ1) is 14.1. The number of halogens is 1. The fourth-order valence-corrected chi connectivity index (χ4v) is 2.01. The number of hydrogen-bond donors (Lipinski definition) is 1. The van der Waals surface area contributed by atoms with Crippen LogP contribution in [0.5, 0.6) is 5.75 Å². The van der Waals surface area contributed by atoms with E-state index in [4.69, 9.17) is 16.3 Å². The Morgan fingerprint density at radius 3 is 2.59 bits per heavy atom. The molecule has 0 fully saturated rings. The molecule has 0 saturated heterocycles. The highest BCUT2D eigenvalue weighted by atomic mass is 35.5. The van der Waals surface area contributed by atoms with Crippen LogP contribution in [0.2, 0.25) is 5.02 Å². The minimum absolute atomic E-state index is 0.369. The number of sulfonamides is 1. The lowest BCUT2D eigenvalue weighted by molar-refractivity contribution is 0.342. The summed E-state index contributed by atoms with van der Waals surface area (Å²) < 4.78 is 31.3. The fourth-order valence-electron chi connectivity index (χ4n) is 1.13. The van der Waals surface area contributed by atoms with Crippen LogP contribution in [0.4, 0.5) is 5.69 Å². The monoisotopic (exact) mass is 277 g/mol. The van der Waals surface area contributed by atoms with Gasteiger partial charge in [0.1, 0.15) is 5.75 Å². The highest BCUT2D eigenvalue weighted by molar-refractivity contribution is 7.93. The number of rotatable bonds is 5. The first-order valence-electron chi connectivity index (χ1n) is 5.30.